The van der Waals surface area contributed by atoms with Crippen LogP contribution in [0.1, 0.15) is 36.5 Å². The molecule has 9 nitrogen and oxygen atoms in total. The molecule has 2 fully saturated rings. The van der Waals surface area contributed by atoms with Crippen LogP contribution in [0.4, 0.5) is 23.2 Å². The van der Waals surface area contributed by atoms with E-state index in [1.807, 2.05) is 17.0 Å². The van der Waals surface area contributed by atoms with Crippen LogP contribution in [0.3, 0.4) is 0 Å². The SMILES string of the molecule is O=c1[nH]c(-c2ccc(N3CC[C@H](OCc4c(-c5ccccc5OC(F)(F)F)noc4C4CC4)[C@@H](F)C3)cc2)no1. The maximum Gasteiger partial charge on any atom is 0.573 e. The Balaban J connectivity index is 1.15. The number of H-pyrrole nitrogens is 1. The number of hydrogen-bond donors (Lipinski definition) is 1. The van der Waals surface area contributed by atoms with Gasteiger partial charge in [0.25, 0.3) is 0 Å². The van der Waals surface area contributed by atoms with Crippen LogP contribution in [0.5, 0.6) is 5.75 Å². The number of rotatable bonds is 8. The Morgan fingerprint density at radius 2 is 1.80 bits per heavy atom. The number of anilines is 1. The first kappa shape index (κ1) is 26.1. The second kappa shape index (κ2) is 10.5. The number of halogens is 4. The van der Waals surface area contributed by atoms with Crippen LogP contribution in [-0.2, 0) is 11.3 Å². The first-order chi connectivity index (χ1) is 19.2. The highest BCUT2D eigenvalue weighted by molar-refractivity contribution is 5.70. The molecule has 210 valence electrons. The van der Waals surface area contributed by atoms with Gasteiger partial charge < -0.3 is 18.9 Å². The minimum atomic E-state index is -4.87. The molecule has 40 heavy (non-hydrogen) atoms. The molecule has 0 spiro atoms. The maximum absolute atomic E-state index is 15.3. The molecular weight excluding hydrogens is 536 g/mol. The zero-order valence-electron chi connectivity index (χ0n) is 21.0. The monoisotopic (exact) mass is 560 g/mol. The number of hydrogen-bond acceptors (Lipinski definition) is 8. The first-order valence-electron chi connectivity index (χ1n) is 12.8. The van der Waals surface area contributed by atoms with Crippen molar-refractivity contribution in [2.45, 2.75) is 50.4 Å². The van der Waals surface area contributed by atoms with Gasteiger partial charge in [0, 0.05) is 34.8 Å². The summed E-state index contributed by atoms with van der Waals surface area (Å²) in [4.78, 5) is 15.6. The molecule has 1 saturated heterocycles. The minimum absolute atomic E-state index is 0.0549. The molecular formula is C27H24F4N4O5. The van der Waals surface area contributed by atoms with Gasteiger partial charge in [0.2, 0.25) is 0 Å². The topological polar surface area (TPSA) is 107 Å². The smallest absolute Gasteiger partial charge is 0.405 e. The van der Waals surface area contributed by atoms with E-state index in [0.717, 1.165) is 18.5 Å². The van der Waals surface area contributed by atoms with Crippen LogP contribution in [0.2, 0.25) is 0 Å². The lowest BCUT2D eigenvalue weighted by atomic mass is 10.0. The summed E-state index contributed by atoms with van der Waals surface area (Å²) in [6.45, 7) is 0.569. The molecule has 2 aromatic heterocycles. The van der Waals surface area contributed by atoms with Crippen molar-refractivity contribution in [3.63, 3.8) is 0 Å². The van der Waals surface area contributed by atoms with Crippen LogP contribution < -0.4 is 15.4 Å². The number of aromatic nitrogens is 3. The van der Waals surface area contributed by atoms with Crippen LogP contribution in [0.15, 0.2) is 62.4 Å². The summed E-state index contributed by atoms with van der Waals surface area (Å²) in [5.74, 6) is -0.0829. The number of alkyl halides is 4. The van der Waals surface area contributed by atoms with Crippen LogP contribution >= 0.6 is 0 Å². The fraction of sp³-hybridized carbons (Fsp3) is 0.370. The molecule has 0 unspecified atom stereocenters. The standard InChI is InChI=1S/C27H24F4N4O5/c28-20-13-35(17-9-7-16(8-10-17)25-32-26(36)40-34-25)12-11-22(20)37-14-19-23(33-39-24(19)15-5-6-15)18-3-1-2-4-21(18)38-27(29,30)31/h1-4,7-10,15,20,22H,5-6,11-14H2,(H,32,34,36)/t20-,22-/m0/s1. The number of aromatic amines is 1. The molecule has 13 heteroatoms. The highest BCUT2D eigenvalue weighted by Crippen LogP contribution is 2.46. The van der Waals surface area contributed by atoms with E-state index in [9.17, 15) is 18.0 Å². The van der Waals surface area contributed by atoms with Crippen molar-refractivity contribution >= 4 is 5.69 Å². The number of nitrogens with one attached hydrogen (secondary N) is 1. The quantitative estimate of drug-likeness (QED) is 0.278. The Labute approximate surface area is 224 Å². The molecule has 0 amide bonds. The summed E-state index contributed by atoms with van der Waals surface area (Å²) in [6, 6.07) is 12.8. The third-order valence-electron chi connectivity index (χ3n) is 7.00. The van der Waals surface area contributed by atoms with E-state index in [1.165, 1.54) is 18.2 Å². The number of ether oxygens (including phenoxy) is 2. The molecule has 4 aromatic rings. The highest BCUT2D eigenvalue weighted by atomic mass is 19.4. The first-order valence-corrected chi connectivity index (χ1v) is 12.8. The molecule has 0 bridgehead atoms. The lowest BCUT2D eigenvalue weighted by molar-refractivity contribution is -0.274. The second-order valence-electron chi connectivity index (χ2n) is 9.78. The normalized spacial score (nSPS) is 19.6. The average molecular weight is 561 g/mol. The summed E-state index contributed by atoms with van der Waals surface area (Å²) < 4.78 is 74.6. The summed E-state index contributed by atoms with van der Waals surface area (Å²) in [5, 5.41) is 7.73. The zero-order valence-corrected chi connectivity index (χ0v) is 21.0. The Kier molecular flexibility index (Phi) is 6.82. The van der Waals surface area contributed by atoms with Gasteiger partial charge in [-0.25, -0.2) is 9.18 Å². The van der Waals surface area contributed by atoms with Gasteiger partial charge in [-0.15, -0.1) is 13.2 Å². The molecule has 2 aromatic carbocycles. The molecule has 1 aliphatic heterocycles. The molecule has 2 aliphatic rings. The van der Waals surface area contributed by atoms with E-state index < -0.39 is 30.1 Å². The lowest BCUT2D eigenvalue weighted by Gasteiger charge is -2.36. The molecule has 6 rings (SSSR count). The minimum Gasteiger partial charge on any atom is -0.405 e. The molecule has 1 aliphatic carbocycles. The Morgan fingerprint density at radius 3 is 2.48 bits per heavy atom. The van der Waals surface area contributed by atoms with E-state index in [-0.39, 0.29) is 30.3 Å². The summed E-state index contributed by atoms with van der Waals surface area (Å²) in [6.07, 6.45) is -4.76. The number of benzene rings is 2. The molecule has 1 saturated carbocycles. The van der Waals surface area contributed by atoms with Gasteiger partial charge in [-0.3, -0.25) is 9.51 Å². The largest absolute Gasteiger partial charge is 0.573 e. The van der Waals surface area contributed by atoms with E-state index in [4.69, 9.17) is 9.26 Å². The molecule has 1 N–H and O–H groups in total. The summed E-state index contributed by atoms with van der Waals surface area (Å²) in [7, 11) is 0. The number of piperidine rings is 1. The third kappa shape index (κ3) is 5.60. The predicted molar refractivity (Wildman–Crippen MR) is 133 cm³/mol. The van der Waals surface area contributed by atoms with Gasteiger partial charge in [-0.1, -0.05) is 22.4 Å². The van der Waals surface area contributed by atoms with Gasteiger partial charge in [-0.2, -0.15) is 0 Å². The van der Waals surface area contributed by atoms with E-state index in [2.05, 4.69) is 24.6 Å². The second-order valence-corrected chi connectivity index (χ2v) is 9.78. The summed E-state index contributed by atoms with van der Waals surface area (Å²) in [5.41, 5.74) is 2.29. The highest BCUT2D eigenvalue weighted by Gasteiger charge is 2.37. The van der Waals surface area contributed by atoms with Gasteiger partial charge in [-0.05, 0) is 55.7 Å². The van der Waals surface area contributed by atoms with Crippen molar-refractivity contribution < 1.29 is 36.1 Å². The van der Waals surface area contributed by atoms with E-state index in [1.54, 1.807) is 18.2 Å². The third-order valence-corrected chi connectivity index (χ3v) is 7.00. The van der Waals surface area contributed by atoms with E-state index in [0.29, 0.717) is 35.7 Å². The summed E-state index contributed by atoms with van der Waals surface area (Å²) >= 11 is 0. The van der Waals surface area contributed by atoms with Crippen molar-refractivity contribution in [3.05, 3.63) is 70.4 Å². The molecule has 3 heterocycles. The van der Waals surface area contributed by atoms with Crippen LogP contribution in [0, 0.1) is 0 Å². The average Bonchev–Trinajstić information content (AvgIpc) is 3.54. The van der Waals surface area contributed by atoms with Gasteiger partial charge in [0.1, 0.15) is 23.4 Å². The van der Waals surface area contributed by atoms with Gasteiger partial charge in [0.05, 0.1) is 19.3 Å². The lowest BCUT2D eigenvalue weighted by Crippen LogP contribution is -2.45. The molecule has 0 radical (unpaired) electrons. The van der Waals surface area contributed by atoms with Crippen LogP contribution in [-0.4, -0.2) is 47.0 Å². The Morgan fingerprint density at radius 1 is 1.02 bits per heavy atom. The van der Waals surface area contributed by atoms with Gasteiger partial charge in [0.15, 0.2) is 5.82 Å². The van der Waals surface area contributed by atoms with Crippen molar-refractivity contribution in [2.24, 2.45) is 0 Å². The van der Waals surface area contributed by atoms with Crippen LogP contribution in [0.25, 0.3) is 22.6 Å². The van der Waals surface area contributed by atoms with Crippen molar-refractivity contribution in [3.8, 4) is 28.4 Å². The fourth-order valence-electron chi connectivity index (χ4n) is 4.90. The fourth-order valence-corrected chi connectivity index (χ4v) is 4.90. The van der Waals surface area contributed by atoms with E-state index >= 15 is 4.39 Å². The zero-order chi connectivity index (χ0) is 27.9. The van der Waals surface area contributed by atoms with Crippen molar-refractivity contribution in [2.75, 3.05) is 18.0 Å². The van der Waals surface area contributed by atoms with Crippen molar-refractivity contribution in [1.29, 1.82) is 0 Å². The van der Waals surface area contributed by atoms with Crippen molar-refractivity contribution in [1.82, 2.24) is 15.3 Å². The Bertz CT molecular complexity index is 1530. The van der Waals surface area contributed by atoms with Gasteiger partial charge >= 0.3 is 12.1 Å². The number of nitrogens with zero attached hydrogens (tertiary/aromatic N) is 3. The number of para-hydroxylation sites is 1. The Hall–Kier alpha value is -4.13. The predicted octanol–water partition coefficient (Wildman–Crippen LogP) is 5.59. The molecule has 2 atom stereocenters. The maximum atomic E-state index is 15.3.